The lowest BCUT2D eigenvalue weighted by molar-refractivity contribution is -0.110. The number of nitrogens with zero attached hydrogens (tertiary/aromatic N) is 1. The van der Waals surface area contributed by atoms with Crippen LogP contribution in [0, 0.1) is 0 Å². The van der Waals surface area contributed by atoms with Gasteiger partial charge in [-0.3, -0.25) is 9.69 Å². The van der Waals surface area contributed by atoms with Crippen molar-refractivity contribution < 1.29 is 24.9 Å². The number of benzene rings is 2. The molecule has 2 aromatic rings. The number of aliphatic hydroxyl groups excluding tert-OH is 3. The lowest BCUT2D eigenvalue weighted by atomic mass is 9.98. The van der Waals surface area contributed by atoms with Gasteiger partial charge >= 0.3 is 0 Å². The number of fused-ring (bicyclic) bond motifs is 2. The van der Waals surface area contributed by atoms with Gasteiger partial charge in [-0.05, 0) is 18.1 Å². The predicted octanol–water partition coefficient (Wildman–Crippen LogP) is 0.978. The van der Waals surface area contributed by atoms with E-state index in [2.05, 4.69) is 11.4 Å². The molecular formula is C23H24N2O5. The summed E-state index contributed by atoms with van der Waals surface area (Å²) >= 11 is 0. The Balaban J connectivity index is 1.37. The molecule has 0 aromatic heterocycles. The predicted molar refractivity (Wildman–Crippen MR) is 111 cm³/mol. The SMILES string of the molecule is O=C1Nc2ccccc2/C1=C1\OCc2cc(CCN3C[C@@H](O)[C@H](O)[C@H]3CO)ccc21. The Morgan fingerprint density at radius 3 is 2.80 bits per heavy atom. The van der Waals surface area contributed by atoms with E-state index < -0.39 is 18.2 Å². The number of hydrogen-bond acceptors (Lipinski definition) is 6. The number of likely N-dealkylation sites (tertiary alicyclic amines) is 1. The van der Waals surface area contributed by atoms with E-state index >= 15 is 0 Å². The van der Waals surface area contributed by atoms with Crippen LogP contribution in [-0.4, -0.2) is 64.1 Å². The molecule has 0 radical (unpaired) electrons. The van der Waals surface area contributed by atoms with Crippen molar-refractivity contribution in [3.63, 3.8) is 0 Å². The molecule has 3 aliphatic rings. The first-order valence-corrected chi connectivity index (χ1v) is 10.2. The fourth-order valence-electron chi connectivity index (χ4n) is 4.63. The normalized spacial score (nSPS) is 27.7. The van der Waals surface area contributed by atoms with E-state index in [9.17, 15) is 20.1 Å². The zero-order chi connectivity index (χ0) is 20.8. The number of nitrogens with one attached hydrogen (secondary N) is 1. The molecule has 7 nitrogen and oxygen atoms in total. The van der Waals surface area contributed by atoms with Crippen molar-refractivity contribution in [3.05, 3.63) is 64.7 Å². The molecule has 0 bridgehead atoms. The Hall–Kier alpha value is -2.71. The van der Waals surface area contributed by atoms with Crippen LogP contribution < -0.4 is 5.32 Å². The van der Waals surface area contributed by atoms with E-state index in [4.69, 9.17) is 4.74 Å². The molecule has 0 aliphatic carbocycles. The zero-order valence-corrected chi connectivity index (χ0v) is 16.4. The van der Waals surface area contributed by atoms with E-state index in [-0.39, 0.29) is 12.5 Å². The number of ether oxygens (including phenoxy) is 1. The minimum absolute atomic E-state index is 0.149. The van der Waals surface area contributed by atoms with Gasteiger partial charge in [0.15, 0.2) is 0 Å². The summed E-state index contributed by atoms with van der Waals surface area (Å²) in [6.45, 7) is 1.21. The Morgan fingerprint density at radius 1 is 1.13 bits per heavy atom. The summed E-state index contributed by atoms with van der Waals surface area (Å²) < 4.78 is 5.94. The van der Waals surface area contributed by atoms with Gasteiger partial charge in [-0.15, -0.1) is 0 Å². The molecule has 7 heteroatoms. The van der Waals surface area contributed by atoms with Gasteiger partial charge in [-0.25, -0.2) is 0 Å². The van der Waals surface area contributed by atoms with Gasteiger partial charge in [0, 0.05) is 35.5 Å². The lowest BCUT2D eigenvalue weighted by Crippen LogP contribution is -2.39. The summed E-state index contributed by atoms with van der Waals surface area (Å²) in [5.74, 6) is 0.467. The molecule has 5 rings (SSSR count). The molecule has 30 heavy (non-hydrogen) atoms. The first-order valence-electron chi connectivity index (χ1n) is 10.2. The number of para-hydroxylation sites is 1. The highest BCUT2D eigenvalue weighted by atomic mass is 16.5. The third-order valence-corrected chi connectivity index (χ3v) is 6.24. The van der Waals surface area contributed by atoms with Gasteiger partial charge in [-0.1, -0.05) is 36.4 Å². The molecule has 2 aromatic carbocycles. The number of carbonyl (C=O) groups is 1. The monoisotopic (exact) mass is 408 g/mol. The molecule has 1 fully saturated rings. The minimum Gasteiger partial charge on any atom is -0.487 e. The van der Waals surface area contributed by atoms with Crippen molar-refractivity contribution in [2.24, 2.45) is 0 Å². The van der Waals surface area contributed by atoms with E-state index in [1.807, 2.05) is 41.3 Å². The van der Waals surface area contributed by atoms with Gasteiger partial charge in [0.05, 0.1) is 30.4 Å². The number of anilines is 1. The number of carbonyl (C=O) groups excluding carboxylic acids is 1. The van der Waals surface area contributed by atoms with Crippen LogP contribution in [0.1, 0.15) is 22.3 Å². The van der Waals surface area contributed by atoms with Crippen molar-refractivity contribution in [2.75, 3.05) is 25.0 Å². The second-order valence-electron chi connectivity index (χ2n) is 8.04. The van der Waals surface area contributed by atoms with Crippen LogP contribution in [0.5, 0.6) is 0 Å². The van der Waals surface area contributed by atoms with Crippen LogP contribution in [0.4, 0.5) is 5.69 Å². The van der Waals surface area contributed by atoms with E-state index in [1.165, 1.54) is 0 Å². The average molecular weight is 408 g/mol. The van der Waals surface area contributed by atoms with Gasteiger partial charge in [-0.2, -0.15) is 0 Å². The molecule has 0 saturated carbocycles. The molecule has 0 unspecified atom stereocenters. The van der Waals surface area contributed by atoms with Crippen LogP contribution >= 0.6 is 0 Å². The van der Waals surface area contributed by atoms with E-state index in [1.54, 1.807) is 0 Å². The Morgan fingerprint density at radius 2 is 1.97 bits per heavy atom. The lowest BCUT2D eigenvalue weighted by Gasteiger charge is -2.23. The zero-order valence-electron chi connectivity index (χ0n) is 16.4. The van der Waals surface area contributed by atoms with Gasteiger partial charge in [0.25, 0.3) is 5.91 Å². The van der Waals surface area contributed by atoms with Crippen LogP contribution in [0.2, 0.25) is 0 Å². The number of hydrogen-bond donors (Lipinski definition) is 4. The van der Waals surface area contributed by atoms with Crippen molar-refractivity contribution in [1.82, 2.24) is 4.90 Å². The Labute approximate surface area is 174 Å². The molecule has 3 atom stereocenters. The second kappa shape index (κ2) is 7.52. The highest BCUT2D eigenvalue weighted by Gasteiger charge is 2.39. The molecule has 1 amide bonds. The van der Waals surface area contributed by atoms with Crippen LogP contribution in [-0.2, 0) is 22.6 Å². The topological polar surface area (TPSA) is 102 Å². The molecule has 3 heterocycles. The highest BCUT2D eigenvalue weighted by molar-refractivity contribution is 6.36. The number of aliphatic hydroxyl groups is 3. The van der Waals surface area contributed by atoms with Crippen LogP contribution in [0.25, 0.3) is 11.3 Å². The summed E-state index contributed by atoms with van der Waals surface area (Å²) in [6.07, 6.45) is -1.03. The fraction of sp³-hybridized carbons (Fsp3) is 0.348. The summed E-state index contributed by atoms with van der Waals surface area (Å²) in [6, 6.07) is 13.3. The van der Waals surface area contributed by atoms with Crippen molar-refractivity contribution >= 4 is 22.9 Å². The first-order chi connectivity index (χ1) is 14.6. The maximum absolute atomic E-state index is 12.5. The molecular weight excluding hydrogens is 384 g/mol. The molecule has 156 valence electrons. The van der Waals surface area contributed by atoms with Crippen LogP contribution in [0.15, 0.2) is 42.5 Å². The number of amides is 1. The fourth-order valence-corrected chi connectivity index (χ4v) is 4.63. The molecule has 3 aliphatic heterocycles. The van der Waals surface area contributed by atoms with E-state index in [0.717, 1.165) is 34.4 Å². The third kappa shape index (κ3) is 3.11. The summed E-state index contributed by atoms with van der Waals surface area (Å²) in [4.78, 5) is 14.5. The summed E-state index contributed by atoms with van der Waals surface area (Å²) in [5, 5.41) is 32.2. The first kappa shape index (κ1) is 19.3. The summed E-state index contributed by atoms with van der Waals surface area (Å²) in [5.41, 5.74) is 5.30. The molecule has 4 N–H and O–H groups in total. The maximum Gasteiger partial charge on any atom is 0.260 e. The Kier molecular flexibility index (Phi) is 4.83. The van der Waals surface area contributed by atoms with E-state index in [0.29, 0.717) is 31.0 Å². The second-order valence-corrected chi connectivity index (χ2v) is 8.04. The summed E-state index contributed by atoms with van der Waals surface area (Å²) in [7, 11) is 0. The van der Waals surface area contributed by atoms with Gasteiger partial charge in [0.2, 0.25) is 0 Å². The maximum atomic E-state index is 12.5. The standard InChI is InChI=1S/C23H24N2O5/c26-11-18-21(28)19(27)10-25(18)8-7-13-5-6-15-14(9-13)12-30-22(15)20-16-3-1-2-4-17(16)24-23(20)29/h1-6,9,18-19,21,26-28H,7-8,10-12H2,(H,24,29)/b22-20+/t18-,19-,21-/m1/s1. The quantitative estimate of drug-likeness (QED) is 0.563. The molecule has 0 spiro atoms. The third-order valence-electron chi connectivity index (χ3n) is 6.24. The van der Waals surface area contributed by atoms with Gasteiger partial charge < -0.3 is 25.4 Å². The highest BCUT2D eigenvalue weighted by Crippen LogP contribution is 2.41. The van der Waals surface area contributed by atoms with Crippen molar-refractivity contribution in [2.45, 2.75) is 31.3 Å². The minimum atomic E-state index is -0.918. The Bertz CT molecular complexity index is 1030. The largest absolute Gasteiger partial charge is 0.487 e. The smallest absolute Gasteiger partial charge is 0.260 e. The number of β-amino-alcohol motifs (C(OH)–C–C–N with tert-alkyl or cyclic N) is 1. The van der Waals surface area contributed by atoms with Crippen LogP contribution in [0.3, 0.4) is 0 Å². The number of rotatable bonds is 4. The van der Waals surface area contributed by atoms with Crippen molar-refractivity contribution in [3.8, 4) is 0 Å². The molecule has 1 saturated heterocycles. The van der Waals surface area contributed by atoms with Gasteiger partial charge in [0.1, 0.15) is 12.4 Å². The van der Waals surface area contributed by atoms with Crippen molar-refractivity contribution in [1.29, 1.82) is 0 Å². The average Bonchev–Trinajstić information content (AvgIpc) is 3.38.